The molecule has 0 aromatic carbocycles. The van der Waals surface area contributed by atoms with Crippen molar-refractivity contribution < 1.29 is 162 Å². The third-order valence-corrected chi connectivity index (χ3v) is 4.94. The van der Waals surface area contributed by atoms with Gasteiger partial charge in [0.2, 0.25) is 17.5 Å². The number of anilines is 1. The van der Waals surface area contributed by atoms with E-state index in [1.807, 2.05) is 33.1 Å². The first-order chi connectivity index (χ1) is 39.7. The van der Waals surface area contributed by atoms with Gasteiger partial charge in [-0.05, 0) is 105 Å². The molecule has 4 aromatic rings. The minimum absolute atomic E-state index is 0. The quantitative estimate of drug-likeness (QED) is 0.00764. The average molecular weight is 1600 g/mol. The number of carbonyl (C=O) groups excluding carboxylic acids is 7. The summed E-state index contributed by atoms with van der Waals surface area (Å²) in [7, 11) is 10.7. The zero-order chi connectivity index (χ0) is 68.9. The van der Waals surface area contributed by atoms with Gasteiger partial charge in [0, 0.05) is 131 Å². The number of ether oxygens (including phenoxy) is 2. The Morgan fingerprint density at radius 1 is 0.782 bits per heavy atom. The molecule has 0 unspecified atom stereocenters. The van der Waals surface area contributed by atoms with Crippen LogP contribution in [0.4, 0.5) is 5.88 Å². The second-order valence-corrected chi connectivity index (χ2v) is 25.3. The summed E-state index contributed by atoms with van der Waals surface area (Å²) in [6.45, 7) is 0. The molecule has 87 heavy (non-hydrogen) atoms. The van der Waals surface area contributed by atoms with E-state index in [0.29, 0.717) is 41.5 Å². The number of nitrogens with one attached hydrogen (secondary N) is 2. The number of H-pyrrole nitrogens is 1. The number of carboxylic acid groups (broad SMARTS) is 2. The number of nitrogens with two attached hydrogens (primary N) is 4. The molecule has 0 saturated carbocycles. The van der Waals surface area contributed by atoms with Crippen LogP contribution in [0.5, 0.6) is 0 Å². The van der Waals surface area contributed by atoms with E-state index in [1.165, 1.54) is 49.6 Å². The van der Waals surface area contributed by atoms with Crippen molar-refractivity contribution in [1.29, 1.82) is 10.7 Å². The van der Waals surface area contributed by atoms with E-state index in [2.05, 4.69) is 134 Å². The van der Waals surface area contributed by atoms with Crippen LogP contribution in [0.2, 0.25) is 10.4 Å². The van der Waals surface area contributed by atoms with Gasteiger partial charge in [-0.25, -0.2) is 31.5 Å². The Kier molecular flexibility index (Phi) is 124. The average Bonchev–Trinajstić information content (AvgIpc) is 4.24. The summed E-state index contributed by atoms with van der Waals surface area (Å²) < 4.78 is 37.5. The van der Waals surface area contributed by atoms with Crippen molar-refractivity contribution in [2.45, 2.75) is 32.1 Å². The summed E-state index contributed by atoms with van der Waals surface area (Å²) in [5.41, 5.74) is 9.32. The van der Waals surface area contributed by atoms with Gasteiger partial charge >= 0.3 is 28.3 Å². The number of halogens is 8. The topological polar surface area (TPSA) is 591 Å². The zero-order valence-electron chi connectivity index (χ0n) is 46.1. The smallest absolute Gasteiger partial charge is 0.340 e. The third-order valence-electron chi connectivity index (χ3n) is 4.52. The number of nitriles is 1. The number of methoxy groups -OCH3 is 2. The van der Waals surface area contributed by atoms with E-state index in [-0.39, 0.29) is 115 Å². The predicted octanol–water partition coefficient (Wildman–Crippen LogP) is 5.43. The van der Waals surface area contributed by atoms with Crippen LogP contribution < -0.4 is 28.8 Å². The van der Waals surface area contributed by atoms with E-state index < -0.39 is 22.3 Å². The Hall–Kier alpha value is -4.51. The second-order valence-electron chi connectivity index (χ2n) is 11.3. The Morgan fingerprint density at radius 3 is 1.31 bits per heavy atom. The number of carboxylic acids is 2. The van der Waals surface area contributed by atoms with Gasteiger partial charge in [-0.15, -0.1) is 0 Å². The van der Waals surface area contributed by atoms with Crippen LogP contribution >= 0.6 is 101 Å². The molecule has 14 N–H and O–H groups in total. The molecule has 0 atom stereocenters. The van der Waals surface area contributed by atoms with Crippen molar-refractivity contribution in [3.05, 3.63) is 94.7 Å². The van der Waals surface area contributed by atoms with Gasteiger partial charge in [0.25, 0.3) is 5.56 Å². The number of aromatic nitrogens is 6. The third kappa shape index (κ3) is 180. The zero-order valence-corrected chi connectivity index (χ0v) is 59.6. The molecule has 36 nitrogen and oxygen atoms in total. The number of hydrogen-bond donors (Lipinski definition) is 10. The van der Waals surface area contributed by atoms with Gasteiger partial charge in [0.15, 0.2) is 12.6 Å². The standard InChI is InChI=1S/C5H13NO2.C5H9NO.C4H3ClN2.C4H4N2O.C3H2ClNO.C3H4N2O.C3H3NO2.C3H3NO.2C3H4O3.C2H2O2.CH4N2.2Cl3OP.2H3NO.2Y/c1-6(2)5(7-3)8-4;1-6(2)4-3-5-7;5-4-1-2-6-3-7-4;7-4-1-2-5-3-6-4;2*4-3-1-2-5-6-3;5-3-1-2-4-6-3;4-2-1-3-5;2*4-2-1-3(5)6;3-1-2-4;2-1-3;2*1-5(2,3)4;2*1-2;;/h5H,1-4H3;3-5H,1-2H3;1-3H;1-3H,(H,5,6,7);1-2H;1-2H,4H2;2H,1H2;3H,1H2;2*2H,1H2,(H,5,6);1-2H;1H,(H3,2,3);;;2*2H,1H2;;. The molecule has 490 valence electrons. The van der Waals surface area contributed by atoms with Crippen molar-refractivity contribution in [2.24, 2.45) is 22.7 Å². The number of carbonyl (C=O) groups is 9. The SMILES string of the molecule is CN(C)C=CC=O.COC(OC)N(C)C.Clc1ccncn1.Clc1ccno1.N#CCC=O.N=CN.NO.NO.Nc1ccno1.O=C1CC=NO1.O=CC=O.O=CCC(=O)O.O=CCC(=O)O.O=P(Cl)(Cl)Cl.O=P(Cl)(Cl)Cl.O=c1ccnc[nH]1.[Y].[Y]. The van der Waals surface area contributed by atoms with E-state index in [0.717, 1.165) is 12.6 Å². The Bertz CT molecular complexity index is 2300. The van der Waals surface area contributed by atoms with Gasteiger partial charge in [-0.3, -0.25) is 48.2 Å². The van der Waals surface area contributed by atoms with Crippen LogP contribution in [0.15, 0.2) is 93.0 Å². The molecular weight excluding hydrogens is 1540 g/mol. The molecule has 4 aromatic heterocycles. The largest absolute Gasteiger partial charge is 0.481 e. The van der Waals surface area contributed by atoms with Crippen LogP contribution in [-0.4, -0.2) is 178 Å². The summed E-state index contributed by atoms with van der Waals surface area (Å²) in [5.74, 6) is 4.93. The Morgan fingerprint density at radius 2 is 1.22 bits per heavy atom. The number of oxime groups is 1. The van der Waals surface area contributed by atoms with Crippen LogP contribution in [-0.2, 0) is 132 Å². The number of rotatable bonds is 11. The van der Waals surface area contributed by atoms with Gasteiger partial charge in [0.05, 0.1) is 50.2 Å². The minimum atomic E-state index is -3.22. The summed E-state index contributed by atoms with van der Waals surface area (Å²) in [6.07, 6.45) is 15.9. The molecule has 5 heterocycles. The molecule has 0 aliphatic carbocycles. The van der Waals surface area contributed by atoms with E-state index in [9.17, 15) is 47.5 Å². The molecule has 0 saturated heterocycles. The van der Waals surface area contributed by atoms with Gasteiger partial charge < -0.3 is 79.7 Å². The maximum absolute atomic E-state index is 10.2. The molecule has 0 bridgehead atoms. The number of aromatic amines is 1. The van der Waals surface area contributed by atoms with Gasteiger partial charge in [-0.1, -0.05) is 27.1 Å². The van der Waals surface area contributed by atoms with Crippen molar-refractivity contribution >= 4 is 175 Å². The minimum Gasteiger partial charge on any atom is -0.481 e. The monoisotopic (exact) mass is 1590 g/mol. The first-order valence-electron chi connectivity index (χ1n) is 20.2. The number of nitrogen functional groups attached to an aromatic ring is 1. The second kappa shape index (κ2) is 95.1. The van der Waals surface area contributed by atoms with Crippen LogP contribution in [0.3, 0.4) is 0 Å². The van der Waals surface area contributed by atoms with Gasteiger partial charge in [0.1, 0.15) is 49.5 Å². The predicted molar refractivity (Wildman–Crippen MR) is 314 cm³/mol. The number of hydrogen-bond acceptors (Lipinski definition) is 32. The summed E-state index contributed by atoms with van der Waals surface area (Å²) in [5, 5.41) is 46.0. The number of allylic oxidation sites excluding steroid dienone is 1. The Balaban J connectivity index is -0.0000000615. The molecule has 1 aliphatic heterocycles. The molecule has 5 rings (SSSR count). The number of aliphatic carboxylic acids is 2. The van der Waals surface area contributed by atoms with Crippen LogP contribution in [0.1, 0.15) is 25.7 Å². The van der Waals surface area contributed by atoms with Crippen LogP contribution in [0, 0.1) is 16.7 Å². The van der Waals surface area contributed by atoms with E-state index >= 15 is 0 Å². The van der Waals surface area contributed by atoms with Gasteiger partial charge in [-0.2, -0.15) is 5.26 Å². The molecule has 48 heteroatoms. The fourth-order valence-electron chi connectivity index (χ4n) is 2.15. The maximum atomic E-state index is 10.2. The van der Waals surface area contributed by atoms with Crippen LogP contribution in [0.25, 0.3) is 0 Å². The number of aldehydes is 6. The molecule has 0 amide bonds. The normalized spacial score (nSPS) is 8.84. The van der Waals surface area contributed by atoms with E-state index in [4.69, 9.17) is 79.3 Å². The summed E-state index contributed by atoms with van der Waals surface area (Å²) in [4.78, 5) is 115. The fraction of sp³-hybridized carbons (Fsp3) is 0.282. The summed E-state index contributed by atoms with van der Waals surface area (Å²) >= 11 is 38.3. The van der Waals surface area contributed by atoms with Crippen molar-refractivity contribution in [1.82, 2.24) is 40.0 Å². The first-order valence-corrected chi connectivity index (χ1v) is 29.8. The van der Waals surface area contributed by atoms with Crippen molar-refractivity contribution in [2.75, 3.05) is 48.1 Å². The Labute approximate surface area is 585 Å². The molecule has 1 aliphatic rings. The molecule has 0 fully saturated rings. The first kappa shape index (κ1) is 113. The van der Waals surface area contributed by atoms with Crippen molar-refractivity contribution in [3.63, 3.8) is 0 Å². The number of nitrogens with zero attached hydrogens (tertiary/aromatic N) is 9. The molecular formula is C39H61Cl8N15O21P2Y2. The maximum Gasteiger partial charge on any atom is 0.340 e. The molecule has 0 spiro atoms. The van der Waals surface area contributed by atoms with E-state index in [1.54, 1.807) is 55.8 Å². The van der Waals surface area contributed by atoms with Crippen molar-refractivity contribution in [3.8, 4) is 6.07 Å². The summed E-state index contributed by atoms with van der Waals surface area (Å²) in [6, 6.07) is 7.79. The fourth-order valence-corrected chi connectivity index (χ4v) is 2.35. The molecule has 2 radical (unpaired) electrons.